The van der Waals surface area contributed by atoms with Crippen molar-refractivity contribution < 1.29 is 4.74 Å². The number of nitrogens with zero attached hydrogens (tertiary/aromatic N) is 2. The Morgan fingerprint density at radius 2 is 1.68 bits per heavy atom. The molecule has 3 rings (SSSR count). The van der Waals surface area contributed by atoms with E-state index in [0.717, 1.165) is 28.9 Å². The minimum Gasteiger partial charge on any atom is -0.497 e. The third-order valence-corrected chi connectivity index (χ3v) is 3.04. The molecule has 0 aliphatic carbocycles. The monoisotopic (exact) mass is 250 g/mol. The first-order valence-corrected chi connectivity index (χ1v) is 6.19. The lowest BCUT2D eigenvalue weighted by Crippen LogP contribution is -1.95. The zero-order valence-electron chi connectivity index (χ0n) is 10.7. The van der Waals surface area contributed by atoms with Gasteiger partial charge >= 0.3 is 0 Å². The molecule has 0 bridgehead atoms. The summed E-state index contributed by atoms with van der Waals surface area (Å²) in [6.45, 7) is 0. The van der Waals surface area contributed by atoms with Crippen LogP contribution < -0.4 is 4.74 Å². The summed E-state index contributed by atoms with van der Waals surface area (Å²) in [6.07, 6.45) is 2.62. The lowest BCUT2D eigenvalue weighted by molar-refractivity contribution is 0.414. The summed E-state index contributed by atoms with van der Waals surface area (Å²) in [5.74, 6) is 0.869. The maximum Gasteiger partial charge on any atom is 0.118 e. The highest BCUT2D eigenvalue weighted by molar-refractivity contribution is 5.73. The second-order valence-electron chi connectivity index (χ2n) is 4.37. The van der Waals surface area contributed by atoms with Gasteiger partial charge in [-0.05, 0) is 29.8 Å². The molecule has 19 heavy (non-hydrogen) atoms. The summed E-state index contributed by atoms with van der Waals surface area (Å²) in [6, 6.07) is 15.9. The first kappa shape index (κ1) is 11.7. The quantitative estimate of drug-likeness (QED) is 0.715. The van der Waals surface area contributed by atoms with Crippen molar-refractivity contribution in [2.45, 2.75) is 6.42 Å². The second kappa shape index (κ2) is 5.06. The lowest BCUT2D eigenvalue weighted by atomic mass is 10.1. The van der Waals surface area contributed by atoms with Crippen LogP contribution in [0.4, 0.5) is 0 Å². The average Bonchev–Trinajstić information content (AvgIpc) is 2.48. The Kier molecular flexibility index (Phi) is 3.11. The third kappa shape index (κ3) is 2.55. The van der Waals surface area contributed by atoms with Gasteiger partial charge in [0.25, 0.3) is 0 Å². The fourth-order valence-electron chi connectivity index (χ4n) is 2.03. The van der Waals surface area contributed by atoms with Gasteiger partial charge in [0, 0.05) is 12.6 Å². The van der Waals surface area contributed by atoms with Crippen molar-refractivity contribution in [3.63, 3.8) is 0 Å². The van der Waals surface area contributed by atoms with Gasteiger partial charge in [-0.2, -0.15) is 0 Å². The minimum absolute atomic E-state index is 0.780. The van der Waals surface area contributed by atoms with Crippen molar-refractivity contribution in [1.82, 2.24) is 9.97 Å². The molecule has 0 aliphatic heterocycles. The standard InChI is InChI=1S/C16H14N2O/c1-19-14-8-6-12(7-9-14)10-13-11-17-15-4-2-3-5-16(15)18-13/h2-9,11H,10H2,1H3. The van der Waals surface area contributed by atoms with E-state index < -0.39 is 0 Å². The average molecular weight is 250 g/mol. The molecule has 0 N–H and O–H groups in total. The third-order valence-electron chi connectivity index (χ3n) is 3.04. The molecule has 3 aromatic rings. The number of aromatic nitrogens is 2. The predicted molar refractivity (Wildman–Crippen MR) is 75.3 cm³/mol. The van der Waals surface area contributed by atoms with Crippen LogP contribution >= 0.6 is 0 Å². The van der Waals surface area contributed by atoms with Gasteiger partial charge in [-0.3, -0.25) is 4.98 Å². The van der Waals surface area contributed by atoms with E-state index in [-0.39, 0.29) is 0 Å². The van der Waals surface area contributed by atoms with Crippen LogP contribution in [0.15, 0.2) is 54.7 Å². The van der Waals surface area contributed by atoms with Gasteiger partial charge in [-0.1, -0.05) is 24.3 Å². The number of rotatable bonds is 3. The molecular formula is C16H14N2O. The Morgan fingerprint density at radius 3 is 2.42 bits per heavy atom. The van der Waals surface area contributed by atoms with Crippen molar-refractivity contribution in [2.24, 2.45) is 0 Å². The summed E-state index contributed by atoms with van der Waals surface area (Å²) in [5, 5.41) is 0. The lowest BCUT2D eigenvalue weighted by Gasteiger charge is -2.04. The summed E-state index contributed by atoms with van der Waals surface area (Å²) >= 11 is 0. The number of benzene rings is 2. The Morgan fingerprint density at radius 1 is 0.947 bits per heavy atom. The molecule has 3 heteroatoms. The van der Waals surface area contributed by atoms with Gasteiger partial charge in [0.05, 0.1) is 23.8 Å². The molecule has 0 saturated heterocycles. The smallest absolute Gasteiger partial charge is 0.118 e. The molecule has 0 amide bonds. The van der Waals surface area contributed by atoms with Crippen LogP contribution in [0, 0.1) is 0 Å². The van der Waals surface area contributed by atoms with Crippen molar-refractivity contribution in [3.05, 3.63) is 66.0 Å². The number of fused-ring (bicyclic) bond motifs is 1. The van der Waals surface area contributed by atoms with Crippen molar-refractivity contribution in [3.8, 4) is 5.75 Å². The minimum atomic E-state index is 0.780. The normalized spacial score (nSPS) is 10.6. The number of methoxy groups -OCH3 is 1. The molecule has 0 fully saturated rings. The van der Waals surface area contributed by atoms with Crippen molar-refractivity contribution in [1.29, 1.82) is 0 Å². The molecule has 2 aromatic carbocycles. The highest BCUT2D eigenvalue weighted by Gasteiger charge is 2.01. The van der Waals surface area contributed by atoms with E-state index in [1.165, 1.54) is 5.56 Å². The molecule has 3 nitrogen and oxygen atoms in total. The van der Waals surface area contributed by atoms with Gasteiger partial charge in [0.15, 0.2) is 0 Å². The van der Waals surface area contributed by atoms with Gasteiger partial charge in [0.2, 0.25) is 0 Å². The molecule has 0 saturated carbocycles. The number of para-hydroxylation sites is 2. The maximum atomic E-state index is 5.15. The SMILES string of the molecule is COc1ccc(Cc2cnc3ccccc3n2)cc1. The molecule has 1 heterocycles. The van der Waals surface area contributed by atoms with E-state index in [2.05, 4.69) is 22.1 Å². The van der Waals surface area contributed by atoms with E-state index >= 15 is 0 Å². The second-order valence-corrected chi connectivity index (χ2v) is 4.37. The first-order valence-electron chi connectivity index (χ1n) is 6.19. The predicted octanol–water partition coefficient (Wildman–Crippen LogP) is 3.23. The zero-order chi connectivity index (χ0) is 13.1. The molecular weight excluding hydrogens is 236 g/mol. The summed E-state index contributed by atoms with van der Waals surface area (Å²) < 4.78 is 5.15. The molecule has 0 unspecified atom stereocenters. The van der Waals surface area contributed by atoms with Gasteiger partial charge in [-0.25, -0.2) is 4.98 Å². The molecule has 0 spiro atoms. The molecule has 0 radical (unpaired) electrons. The van der Waals surface area contributed by atoms with Crippen LogP contribution in [0.3, 0.4) is 0 Å². The topological polar surface area (TPSA) is 35.0 Å². The van der Waals surface area contributed by atoms with E-state index in [0.29, 0.717) is 0 Å². The van der Waals surface area contributed by atoms with E-state index in [4.69, 9.17) is 4.74 Å². The van der Waals surface area contributed by atoms with Crippen LogP contribution in [-0.2, 0) is 6.42 Å². The molecule has 0 atom stereocenters. The van der Waals surface area contributed by atoms with Crippen LogP contribution in [0.5, 0.6) is 5.75 Å². The number of ether oxygens (including phenoxy) is 1. The fraction of sp³-hybridized carbons (Fsp3) is 0.125. The highest BCUT2D eigenvalue weighted by atomic mass is 16.5. The summed E-state index contributed by atoms with van der Waals surface area (Å²) in [7, 11) is 1.67. The van der Waals surface area contributed by atoms with E-state index in [9.17, 15) is 0 Å². The maximum absolute atomic E-state index is 5.15. The Hall–Kier alpha value is -2.42. The summed E-state index contributed by atoms with van der Waals surface area (Å²) in [5.41, 5.74) is 4.05. The van der Waals surface area contributed by atoms with E-state index in [1.54, 1.807) is 7.11 Å². The molecule has 1 aromatic heterocycles. The fourth-order valence-corrected chi connectivity index (χ4v) is 2.03. The largest absolute Gasteiger partial charge is 0.497 e. The number of hydrogen-bond acceptors (Lipinski definition) is 3. The van der Waals surface area contributed by atoms with Crippen molar-refractivity contribution in [2.75, 3.05) is 7.11 Å². The van der Waals surface area contributed by atoms with Gasteiger partial charge in [-0.15, -0.1) is 0 Å². The zero-order valence-corrected chi connectivity index (χ0v) is 10.7. The van der Waals surface area contributed by atoms with E-state index in [1.807, 2.05) is 42.6 Å². The van der Waals surface area contributed by atoms with Gasteiger partial charge in [0.1, 0.15) is 5.75 Å². The first-order chi connectivity index (χ1) is 9.35. The molecule has 0 aliphatic rings. The van der Waals surface area contributed by atoms with Crippen LogP contribution in [0.25, 0.3) is 11.0 Å². The number of hydrogen-bond donors (Lipinski definition) is 0. The Bertz CT molecular complexity index is 692. The van der Waals surface area contributed by atoms with Crippen LogP contribution in [0.2, 0.25) is 0 Å². The summed E-state index contributed by atoms with van der Waals surface area (Å²) in [4.78, 5) is 9.04. The Balaban J connectivity index is 1.87. The van der Waals surface area contributed by atoms with Gasteiger partial charge < -0.3 is 4.74 Å². The Labute approximate surface area is 111 Å². The molecule has 94 valence electrons. The highest BCUT2D eigenvalue weighted by Crippen LogP contribution is 2.15. The van der Waals surface area contributed by atoms with Crippen molar-refractivity contribution >= 4 is 11.0 Å². The van der Waals surface area contributed by atoms with Crippen LogP contribution in [-0.4, -0.2) is 17.1 Å². The van der Waals surface area contributed by atoms with Crippen LogP contribution in [0.1, 0.15) is 11.3 Å².